The molecule has 2 rings (SSSR count). The van der Waals surface area contributed by atoms with Gasteiger partial charge >= 0.3 is 0 Å². The fraction of sp³-hybridized carbons (Fsp3) is 0.789. The van der Waals surface area contributed by atoms with Crippen LogP contribution in [0, 0.1) is 0 Å². The van der Waals surface area contributed by atoms with Crippen LogP contribution in [0.5, 0.6) is 0 Å². The Morgan fingerprint density at radius 3 is 2.09 bits per heavy atom. The van der Waals surface area contributed by atoms with Crippen LogP contribution in [0.3, 0.4) is 0 Å². The number of hydrogen-bond acceptors (Lipinski definition) is 11. The third-order valence-electron chi connectivity index (χ3n) is 5.14. The minimum atomic E-state index is -1.47. The van der Waals surface area contributed by atoms with Crippen molar-refractivity contribution in [3.8, 4) is 0 Å². The van der Waals surface area contributed by atoms with Crippen LogP contribution in [-0.4, -0.2) is 117 Å². The van der Waals surface area contributed by atoms with Gasteiger partial charge in [-0.1, -0.05) is 6.08 Å². The molecule has 2 aliphatic heterocycles. The van der Waals surface area contributed by atoms with Crippen molar-refractivity contribution in [2.75, 3.05) is 19.8 Å². The maximum absolute atomic E-state index is 11.7. The molecule has 0 unspecified atom stereocenters. The van der Waals surface area contributed by atoms with E-state index in [2.05, 4.69) is 17.2 Å². The van der Waals surface area contributed by atoms with Crippen LogP contribution in [0.2, 0.25) is 0 Å². The number of ether oxygens (including phenoxy) is 3. The molecule has 0 spiro atoms. The summed E-state index contributed by atoms with van der Waals surface area (Å²) < 4.78 is 17.0. The van der Waals surface area contributed by atoms with E-state index < -0.39 is 84.6 Å². The molecule has 2 aliphatic rings. The van der Waals surface area contributed by atoms with Gasteiger partial charge in [-0.15, -0.1) is 18.3 Å². The zero-order valence-corrected chi connectivity index (χ0v) is 18.7. The molecule has 10 atom stereocenters. The minimum absolute atomic E-state index is 0.0715. The number of rotatable bonds is 9. The third kappa shape index (κ3) is 6.40. The summed E-state index contributed by atoms with van der Waals surface area (Å²) in [7, 11) is 0. The van der Waals surface area contributed by atoms with Crippen molar-refractivity contribution in [3.63, 3.8) is 0 Å². The molecule has 2 fully saturated rings. The fourth-order valence-corrected chi connectivity index (χ4v) is 5.24. The fourth-order valence-electron chi connectivity index (χ4n) is 3.67. The molecular weight excluding hydrogens is 448 g/mol. The van der Waals surface area contributed by atoms with Gasteiger partial charge in [0.05, 0.1) is 43.3 Å². The highest BCUT2D eigenvalue weighted by atomic mass is 32.2. The Hall–Kier alpha value is -1.29. The average molecular weight is 481 g/mol. The van der Waals surface area contributed by atoms with Crippen molar-refractivity contribution in [3.05, 3.63) is 12.7 Å². The summed E-state index contributed by atoms with van der Waals surface area (Å²) >= 11 is 0.933. The first kappa shape index (κ1) is 27.0. The molecule has 0 aromatic rings. The van der Waals surface area contributed by atoms with Crippen molar-refractivity contribution in [1.29, 1.82) is 0 Å². The van der Waals surface area contributed by atoms with E-state index in [-0.39, 0.29) is 6.61 Å². The molecule has 0 aliphatic carbocycles. The summed E-state index contributed by atoms with van der Waals surface area (Å²) in [5.41, 5.74) is -1.03. The molecule has 0 aromatic carbocycles. The van der Waals surface area contributed by atoms with Gasteiger partial charge in [0.25, 0.3) is 0 Å². The summed E-state index contributed by atoms with van der Waals surface area (Å²) in [6, 6.07) is -2.09. The minimum Gasteiger partial charge on any atom is -0.394 e. The normalized spacial score (nSPS) is 39.8. The SMILES string of the molecule is C=CCO[C@@H]1O[C@H](CO)[C@@H](S[C@@H]2O[C@H](CO)[C@@H](O)[C@H](O)[C@H]2NC(C)=O)[C@H](O)[C@H]1NC(C)=O. The van der Waals surface area contributed by atoms with Gasteiger partial charge in [-0.3, -0.25) is 9.59 Å². The molecule has 184 valence electrons. The molecule has 12 nitrogen and oxygen atoms in total. The smallest absolute Gasteiger partial charge is 0.217 e. The molecule has 2 heterocycles. The molecule has 7 N–H and O–H groups in total. The van der Waals surface area contributed by atoms with E-state index in [0.29, 0.717) is 0 Å². The lowest BCUT2D eigenvalue weighted by atomic mass is 9.98. The summed E-state index contributed by atoms with van der Waals surface area (Å²) in [5, 5.41) is 55.3. The van der Waals surface area contributed by atoms with E-state index in [1.54, 1.807) is 0 Å². The number of aliphatic hydroxyl groups is 5. The predicted molar refractivity (Wildman–Crippen MR) is 112 cm³/mol. The number of amides is 2. The average Bonchev–Trinajstić information content (AvgIpc) is 2.74. The van der Waals surface area contributed by atoms with Crippen molar-refractivity contribution >= 4 is 23.6 Å². The number of hydrogen-bond donors (Lipinski definition) is 7. The van der Waals surface area contributed by atoms with E-state index >= 15 is 0 Å². The van der Waals surface area contributed by atoms with Gasteiger partial charge in [-0.25, -0.2) is 0 Å². The first-order valence-corrected chi connectivity index (χ1v) is 11.1. The highest BCUT2D eigenvalue weighted by Gasteiger charge is 2.51. The lowest BCUT2D eigenvalue weighted by Crippen LogP contribution is -2.66. The maximum Gasteiger partial charge on any atom is 0.217 e. The van der Waals surface area contributed by atoms with Gasteiger partial charge in [0.15, 0.2) is 6.29 Å². The van der Waals surface area contributed by atoms with Gasteiger partial charge in [0.1, 0.15) is 29.8 Å². The molecule has 0 radical (unpaired) electrons. The Bertz CT molecular complexity index is 656. The van der Waals surface area contributed by atoms with Crippen LogP contribution in [0.1, 0.15) is 13.8 Å². The standard InChI is InChI=1S/C19H32N2O10S/c1-4-5-29-18-12(20-8(2)24)16(28)17(11(7-23)30-18)32-19-13(21-9(3)25)15(27)14(26)10(6-22)31-19/h4,10-19,22-23,26-28H,1,5-7H2,2-3H3,(H,20,24)(H,21,25)/t10-,11-,12-,13-,14-,15-,16-,17-,18-,19+/m1/s1. The lowest BCUT2D eigenvalue weighted by molar-refractivity contribution is -0.230. The third-order valence-corrected chi connectivity index (χ3v) is 6.71. The number of thioether (sulfide) groups is 1. The molecule has 2 amide bonds. The Kier molecular flexibility index (Phi) is 10.3. The number of aliphatic hydroxyl groups excluding tert-OH is 5. The second-order valence-corrected chi connectivity index (χ2v) is 8.88. The van der Waals surface area contributed by atoms with Crippen LogP contribution < -0.4 is 10.6 Å². The predicted octanol–water partition coefficient (Wildman–Crippen LogP) is -3.18. The lowest BCUT2D eigenvalue weighted by Gasteiger charge is -2.47. The first-order chi connectivity index (χ1) is 15.1. The van der Waals surface area contributed by atoms with Gasteiger partial charge in [-0.05, 0) is 0 Å². The van der Waals surface area contributed by atoms with E-state index in [1.807, 2.05) is 0 Å². The molecule has 0 saturated carbocycles. The summed E-state index contributed by atoms with van der Waals surface area (Å²) in [6.45, 7) is 4.99. The Balaban J connectivity index is 2.29. The van der Waals surface area contributed by atoms with E-state index in [0.717, 1.165) is 11.8 Å². The highest BCUT2D eigenvalue weighted by Crippen LogP contribution is 2.38. The van der Waals surface area contributed by atoms with Crippen molar-refractivity contribution in [2.45, 2.75) is 73.4 Å². The Morgan fingerprint density at radius 2 is 1.56 bits per heavy atom. The van der Waals surface area contributed by atoms with Gasteiger partial charge < -0.3 is 50.4 Å². The van der Waals surface area contributed by atoms with Crippen LogP contribution in [0.25, 0.3) is 0 Å². The quantitative estimate of drug-likeness (QED) is 0.165. The van der Waals surface area contributed by atoms with Crippen molar-refractivity contribution in [2.24, 2.45) is 0 Å². The molecule has 2 saturated heterocycles. The van der Waals surface area contributed by atoms with Gasteiger partial charge in [0, 0.05) is 13.8 Å². The van der Waals surface area contributed by atoms with E-state index in [4.69, 9.17) is 14.2 Å². The maximum atomic E-state index is 11.7. The van der Waals surface area contributed by atoms with Gasteiger partial charge in [-0.2, -0.15) is 0 Å². The summed E-state index contributed by atoms with van der Waals surface area (Å²) in [4.78, 5) is 23.3. The largest absolute Gasteiger partial charge is 0.394 e. The number of carbonyl (C=O) groups is 2. The summed E-state index contributed by atoms with van der Waals surface area (Å²) in [6.07, 6.45) is -5.93. The second-order valence-electron chi connectivity index (χ2n) is 7.60. The monoisotopic (exact) mass is 480 g/mol. The van der Waals surface area contributed by atoms with Crippen LogP contribution >= 0.6 is 11.8 Å². The molecule has 0 bridgehead atoms. The molecule has 13 heteroatoms. The number of nitrogens with one attached hydrogen (secondary N) is 2. The highest BCUT2D eigenvalue weighted by molar-refractivity contribution is 8.00. The zero-order valence-electron chi connectivity index (χ0n) is 17.9. The van der Waals surface area contributed by atoms with Crippen LogP contribution in [0.15, 0.2) is 12.7 Å². The summed E-state index contributed by atoms with van der Waals surface area (Å²) in [5.74, 6) is -0.939. The second kappa shape index (κ2) is 12.3. The van der Waals surface area contributed by atoms with Crippen LogP contribution in [0.4, 0.5) is 0 Å². The molecular formula is C19H32N2O10S. The molecule has 32 heavy (non-hydrogen) atoms. The molecule has 0 aromatic heterocycles. The Morgan fingerprint density at radius 1 is 0.969 bits per heavy atom. The Labute approximate surface area is 189 Å². The number of carbonyl (C=O) groups excluding carboxylic acids is 2. The topological polar surface area (TPSA) is 187 Å². The van der Waals surface area contributed by atoms with Crippen LogP contribution in [-0.2, 0) is 23.8 Å². The van der Waals surface area contributed by atoms with E-state index in [9.17, 15) is 35.1 Å². The van der Waals surface area contributed by atoms with Gasteiger partial charge in [0.2, 0.25) is 11.8 Å². The zero-order chi connectivity index (χ0) is 24.0. The first-order valence-electron chi connectivity index (χ1n) is 10.1. The van der Waals surface area contributed by atoms with Crippen molar-refractivity contribution < 1.29 is 49.3 Å². The van der Waals surface area contributed by atoms with Crippen molar-refractivity contribution in [1.82, 2.24) is 10.6 Å². The van der Waals surface area contributed by atoms with E-state index in [1.165, 1.54) is 19.9 Å².